The molecular weight excluding hydrogens is 222 g/mol. The van der Waals surface area contributed by atoms with E-state index >= 15 is 0 Å². The van der Waals surface area contributed by atoms with Gasteiger partial charge >= 0.3 is 5.82 Å². The van der Waals surface area contributed by atoms with E-state index in [4.69, 9.17) is 0 Å². The Kier molecular flexibility index (Phi) is 3.58. The van der Waals surface area contributed by atoms with Gasteiger partial charge in [-0.3, -0.25) is 4.57 Å². The number of nitro groups is 1. The maximum absolute atomic E-state index is 10.7. The third-order valence-corrected chi connectivity index (χ3v) is 3.04. The standard InChI is InChI=1S/C10H17N5O2/c1-14-7-13-10(15(16)17)9(14)12-6-4-8-3-2-5-11-8/h7-8,11-12H,2-6H2,1H3. The van der Waals surface area contributed by atoms with Gasteiger partial charge in [0.05, 0.1) is 0 Å². The molecule has 0 spiro atoms. The van der Waals surface area contributed by atoms with Crippen LogP contribution in [0.5, 0.6) is 0 Å². The van der Waals surface area contributed by atoms with Crippen molar-refractivity contribution in [2.24, 2.45) is 7.05 Å². The second-order valence-electron chi connectivity index (χ2n) is 4.29. The van der Waals surface area contributed by atoms with Crippen molar-refractivity contribution in [3.8, 4) is 0 Å². The summed E-state index contributed by atoms with van der Waals surface area (Å²) in [5.74, 6) is 0.375. The summed E-state index contributed by atoms with van der Waals surface area (Å²) in [6.45, 7) is 1.80. The first-order valence-electron chi connectivity index (χ1n) is 5.81. The molecule has 1 aromatic rings. The molecule has 94 valence electrons. The van der Waals surface area contributed by atoms with Gasteiger partial charge in [0.15, 0.2) is 0 Å². The Bertz CT molecular complexity index is 397. The van der Waals surface area contributed by atoms with Crippen molar-refractivity contribution in [2.75, 3.05) is 18.4 Å². The minimum Gasteiger partial charge on any atom is -0.364 e. The van der Waals surface area contributed by atoms with Gasteiger partial charge in [0.1, 0.15) is 0 Å². The topological polar surface area (TPSA) is 85.0 Å². The van der Waals surface area contributed by atoms with Crippen molar-refractivity contribution in [3.05, 3.63) is 16.4 Å². The van der Waals surface area contributed by atoms with Gasteiger partial charge in [0.2, 0.25) is 12.1 Å². The molecule has 0 saturated carbocycles. The monoisotopic (exact) mass is 239 g/mol. The molecule has 1 saturated heterocycles. The number of rotatable bonds is 5. The summed E-state index contributed by atoms with van der Waals surface area (Å²) < 4.78 is 1.64. The van der Waals surface area contributed by atoms with Gasteiger partial charge in [0.25, 0.3) is 0 Å². The highest BCUT2D eigenvalue weighted by Gasteiger charge is 2.20. The van der Waals surface area contributed by atoms with Gasteiger partial charge in [-0.25, -0.2) is 0 Å². The van der Waals surface area contributed by atoms with E-state index in [9.17, 15) is 10.1 Å². The Morgan fingerprint density at radius 3 is 3.24 bits per heavy atom. The average Bonchev–Trinajstić information content (AvgIpc) is 2.89. The van der Waals surface area contributed by atoms with Crippen molar-refractivity contribution in [1.29, 1.82) is 0 Å². The lowest BCUT2D eigenvalue weighted by molar-refractivity contribution is -0.388. The van der Waals surface area contributed by atoms with Gasteiger partial charge < -0.3 is 20.7 Å². The van der Waals surface area contributed by atoms with Crippen LogP contribution in [0, 0.1) is 10.1 Å². The van der Waals surface area contributed by atoms with Crippen molar-refractivity contribution in [3.63, 3.8) is 0 Å². The molecular formula is C10H17N5O2. The summed E-state index contributed by atoms with van der Waals surface area (Å²) in [7, 11) is 1.75. The number of anilines is 1. The number of hydrogen-bond acceptors (Lipinski definition) is 5. The zero-order valence-corrected chi connectivity index (χ0v) is 9.85. The number of hydrogen-bond donors (Lipinski definition) is 2. The summed E-state index contributed by atoms with van der Waals surface area (Å²) >= 11 is 0. The minimum absolute atomic E-state index is 0.105. The molecule has 7 heteroatoms. The van der Waals surface area contributed by atoms with Crippen LogP contribution >= 0.6 is 0 Å². The van der Waals surface area contributed by atoms with Crippen LogP contribution in [0.1, 0.15) is 19.3 Å². The van der Waals surface area contributed by atoms with Gasteiger partial charge in [0, 0.05) is 19.6 Å². The van der Waals surface area contributed by atoms with Crippen LogP contribution in [-0.2, 0) is 7.05 Å². The highest BCUT2D eigenvalue weighted by atomic mass is 16.6. The number of nitrogens with one attached hydrogen (secondary N) is 2. The van der Waals surface area contributed by atoms with Crippen LogP contribution in [0.15, 0.2) is 6.33 Å². The SMILES string of the molecule is Cn1cnc([N+](=O)[O-])c1NCCC1CCCN1. The maximum atomic E-state index is 10.7. The predicted molar refractivity (Wildman–Crippen MR) is 64.0 cm³/mol. The lowest BCUT2D eigenvalue weighted by Crippen LogP contribution is -2.24. The van der Waals surface area contributed by atoms with Crippen molar-refractivity contribution in [2.45, 2.75) is 25.3 Å². The summed E-state index contributed by atoms with van der Waals surface area (Å²) in [4.78, 5) is 14.0. The molecule has 2 heterocycles. The van der Waals surface area contributed by atoms with E-state index < -0.39 is 4.92 Å². The van der Waals surface area contributed by atoms with Crippen LogP contribution in [0.4, 0.5) is 11.6 Å². The molecule has 0 bridgehead atoms. The van der Waals surface area contributed by atoms with Gasteiger partial charge in [-0.1, -0.05) is 0 Å². The molecule has 1 aliphatic rings. The molecule has 1 aliphatic heterocycles. The molecule has 2 N–H and O–H groups in total. The van der Waals surface area contributed by atoms with Crippen LogP contribution in [0.3, 0.4) is 0 Å². The van der Waals surface area contributed by atoms with E-state index in [2.05, 4.69) is 15.6 Å². The second-order valence-corrected chi connectivity index (χ2v) is 4.29. The zero-order chi connectivity index (χ0) is 12.3. The summed E-state index contributed by atoms with van der Waals surface area (Å²) in [6, 6.07) is 0.537. The molecule has 1 fully saturated rings. The lowest BCUT2D eigenvalue weighted by atomic mass is 10.1. The van der Waals surface area contributed by atoms with Gasteiger partial charge in [-0.15, -0.1) is 0 Å². The zero-order valence-electron chi connectivity index (χ0n) is 9.85. The smallest absolute Gasteiger partial charge is 0.364 e. The van der Waals surface area contributed by atoms with Gasteiger partial charge in [-0.2, -0.15) is 0 Å². The van der Waals surface area contributed by atoms with Crippen LogP contribution in [0.2, 0.25) is 0 Å². The molecule has 0 aromatic carbocycles. The van der Waals surface area contributed by atoms with Crippen LogP contribution in [-0.4, -0.2) is 33.6 Å². The summed E-state index contributed by atoms with van der Waals surface area (Å²) in [5.41, 5.74) is 0. The first-order valence-corrected chi connectivity index (χ1v) is 5.81. The van der Waals surface area contributed by atoms with Crippen molar-refractivity contribution < 1.29 is 4.92 Å². The fourth-order valence-electron chi connectivity index (χ4n) is 2.12. The third kappa shape index (κ3) is 2.73. The largest absolute Gasteiger partial charge is 0.406 e. The molecule has 0 aliphatic carbocycles. The molecule has 17 heavy (non-hydrogen) atoms. The Labute approximate surface area is 99.4 Å². The normalized spacial score (nSPS) is 19.5. The minimum atomic E-state index is -0.462. The lowest BCUT2D eigenvalue weighted by Gasteiger charge is -2.11. The summed E-state index contributed by atoms with van der Waals surface area (Å²) in [6.07, 6.45) is 4.84. The summed E-state index contributed by atoms with van der Waals surface area (Å²) in [5, 5.41) is 17.2. The van der Waals surface area contributed by atoms with Crippen LogP contribution in [0.25, 0.3) is 0 Å². The van der Waals surface area contributed by atoms with Gasteiger partial charge in [-0.05, 0) is 35.7 Å². The average molecular weight is 239 g/mol. The fraction of sp³-hybridized carbons (Fsp3) is 0.700. The van der Waals surface area contributed by atoms with E-state index in [0.29, 0.717) is 11.9 Å². The van der Waals surface area contributed by atoms with Crippen LogP contribution < -0.4 is 10.6 Å². The highest BCUT2D eigenvalue weighted by Crippen LogP contribution is 2.21. The number of nitrogens with zero attached hydrogens (tertiary/aromatic N) is 3. The Hall–Kier alpha value is -1.63. The van der Waals surface area contributed by atoms with E-state index in [1.807, 2.05) is 0 Å². The molecule has 2 rings (SSSR count). The van der Waals surface area contributed by atoms with E-state index in [1.54, 1.807) is 11.6 Å². The van der Waals surface area contributed by atoms with Crippen molar-refractivity contribution in [1.82, 2.24) is 14.9 Å². The molecule has 1 aromatic heterocycles. The number of aromatic nitrogens is 2. The Balaban J connectivity index is 1.89. The fourth-order valence-corrected chi connectivity index (χ4v) is 2.12. The number of aryl methyl sites for hydroxylation is 1. The quantitative estimate of drug-likeness (QED) is 0.588. The highest BCUT2D eigenvalue weighted by molar-refractivity contribution is 5.51. The van der Waals surface area contributed by atoms with Crippen molar-refractivity contribution >= 4 is 11.6 Å². The first-order chi connectivity index (χ1) is 8.18. The molecule has 1 atom stereocenters. The first kappa shape index (κ1) is 11.8. The molecule has 1 unspecified atom stereocenters. The molecule has 0 amide bonds. The van der Waals surface area contributed by atoms with E-state index in [-0.39, 0.29) is 5.82 Å². The van der Waals surface area contributed by atoms with E-state index in [1.165, 1.54) is 19.2 Å². The molecule has 0 radical (unpaired) electrons. The molecule has 7 nitrogen and oxygen atoms in total. The maximum Gasteiger partial charge on any atom is 0.406 e. The Morgan fingerprint density at radius 2 is 2.59 bits per heavy atom. The third-order valence-electron chi connectivity index (χ3n) is 3.04. The second kappa shape index (κ2) is 5.13. The van der Waals surface area contributed by atoms with E-state index in [0.717, 1.165) is 19.5 Å². The number of imidazole rings is 1. The predicted octanol–water partition coefficient (Wildman–Crippen LogP) is 0.882. The Morgan fingerprint density at radius 1 is 1.76 bits per heavy atom.